The van der Waals surface area contributed by atoms with Crippen LogP contribution in [0.25, 0.3) is 11.1 Å². The topological polar surface area (TPSA) is 39.1 Å². The Morgan fingerprint density at radius 1 is 1.29 bits per heavy atom. The van der Waals surface area contributed by atoms with Crippen molar-refractivity contribution in [2.75, 3.05) is 11.9 Å². The minimum Gasteiger partial charge on any atom is -0.377 e. The van der Waals surface area contributed by atoms with Gasteiger partial charge in [0, 0.05) is 42.1 Å². The number of benzene rings is 1. The molecule has 2 atom stereocenters. The summed E-state index contributed by atoms with van der Waals surface area (Å²) in [6.45, 7) is 9.15. The molecule has 2 aliphatic heterocycles. The highest BCUT2D eigenvalue weighted by molar-refractivity contribution is 5.73. The number of fused-ring (bicyclic) bond motifs is 3. The lowest BCUT2D eigenvalue weighted by Gasteiger charge is -2.48. The van der Waals surface area contributed by atoms with Crippen LogP contribution in [0.5, 0.6) is 0 Å². The molecule has 1 aromatic heterocycles. The summed E-state index contributed by atoms with van der Waals surface area (Å²) in [7, 11) is 1.86. The van der Waals surface area contributed by atoms with Gasteiger partial charge in [-0.05, 0) is 44.9 Å². The summed E-state index contributed by atoms with van der Waals surface area (Å²) in [6, 6.07) is 3.64. The maximum atomic E-state index is 14.9. The third-order valence-electron chi connectivity index (χ3n) is 5.62. The molecule has 1 aromatic carbocycles. The fourth-order valence-electron chi connectivity index (χ4n) is 4.62. The molecule has 2 aromatic rings. The number of hydrogen-bond acceptors (Lipinski definition) is 3. The van der Waals surface area contributed by atoms with Gasteiger partial charge in [-0.1, -0.05) is 6.92 Å². The summed E-state index contributed by atoms with van der Waals surface area (Å²) in [4.78, 5) is 0. The summed E-state index contributed by atoms with van der Waals surface area (Å²) in [6.07, 6.45) is 2.91. The van der Waals surface area contributed by atoms with Gasteiger partial charge < -0.3 is 10.1 Å². The van der Waals surface area contributed by atoms with Crippen molar-refractivity contribution in [3.05, 3.63) is 35.4 Å². The van der Waals surface area contributed by atoms with Gasteiger partial charge in [-0.3, -0.25) is 4.68 Å². The average Bonchev–Trinajstić information content (AvgIpc) is 3.02. The quantitative estimate of drug-likeness (QED) is 0.865. The zero-order valence-corrected chi connectivity index (χ0v) is 14.9. The Bertz CT molecular complexity index is 826. The summed E-state index contributed by atoms with van der Waals surface area (Å²) in [5.74, 6) is -0.214. The van der Waals surface area contributed by atoms with Crippen molar-refractivity contribution in [1.29, 1.82) is 0 Å². The molecule has 1 saturated heterocycles. The van der Waals surface area contributed by atoms with Crippen LogP contribution in [0.3, 0.4) is 0 Å². The van der Waals surface area contributed by atoms with Gasteiger partial charge in [0.25, 0.3) is 0 Å². The van der Waals surface area contributed by atoms with E-state index in [1.165, 1.54) is 0 Å². The number of nitrogens with zero attached hydrogens (tertiary/aromatic N) is 2. The van der Waals surface area contributed by atoms with Gasteiger partial charge in [-0.15, -0.1) is 0 Å². The van der Waals surface area contributed by atoms with Crippen molar-refractivity contribution < 1.29 is 9.13 Å². The van der Waals surface area contributed by atoms with Crippen molar-refractivity contribution in [3.63, 3.8) is 0 Å². The zero-order chi connectivity index (χ0) is 17.3. The molecule has 0 amide bonds. The van der Waals surface area contributed by atoms with E-state index in [0.717, 1.165) is 35.5 Å². The molecule has 2 unspecified atom stereocenters. The maximum Gasteiger partial charge on any atom is 0.133 e. The Morgan fingerprint density at radius 3 is 2.71 bits per heavy atom. The van der Waals surface area contributed by atoms with Crippen LogP contribution in [0.15, 0.2) is 18.3 Å². The molecule has 5 heteroatoms. The molecule has 0 radical (unpaired) electrons. The monoisotopic (exact) mass is 329 g/mol. The van der Waals surface area contributed by atoms with Crippen molar-refractivity contribution in [2.45, 2.75) is 51.2 Å². The van der Waals surface area contributed by atoms with Crippen LogP contribution in [0.4, 0.5) is 10.1 Å². The van der Waals surface area contributed by atoms with Gasteiger partial charge in [-0.2, -0.15) is 5.10 Å². The smallest absolute Gasteiger partial charge is 0.133 e. The van der Waals surface area contributed by atoms with Crippen molar-refractivity contribution in [2.24, 2.45) is 7.05 Å². The van der Waals surface area contributed by atoms with Crippen LogP contribution in [0.2, 0.25) is 0 Å². The average molecular weight is 329 g/mol. The molecule has 4 nitrogen and oxygen atoms in total. The standard InChI is InChI=1S/C19H24FN3O/c1-11-13(10-23(5)22-11)12-8-14-16(9-15(12)20)21-18(2,3)17-19(14,4)6-7-24-17/h8-10,17,21H,6-7H2,1-5H3. The number of aromatic nitrogens is 2. The highest BCUT2D eigenvalue weighted by Crippen LogP contribution is 2.51. The lowest BCUT2D eigenvalue weighted by Crippen LogP contribution is -2.56. The maximum absolute atomic E-state index is 14.9. The fourth-order valence-corrected chi connectivity index (χ4v) is 4.62. The minimum atomic E-state index is -0.226. The second kappa shape index (κ2) is 4.82. The van der Waals surface area contributed by atoms with E-state index in [2.05, 4.69) is 31.2 Å². The largest absolute Gasteiger partial charge is 0.377 e. The van der Waals surface area contributed by atoms with E-state index in [-0.39, 0.29) is 22.9 Å². The van der Waals surface area contributed by atoms with E-state index >= 15 is 0 Å². The summed E-state index contributed by atoms with van der Waals surface area (Å²) >= 11 is 0. The molecule has 2 aliphatic rings. The molecule has 1 N–H and O–H groups in total. The van der Waals surface area contributed by atoms with E-state index in [0.29, 0.717) is 5.56 Å². The highest BCUT2D eigenvalue weighted by Gasteiger charge is 2.53. The Labute approximate surface area is 142 Å². The third-order valence-corrected chi connectivity index (χ3v) is 5.62. The molecule has 1 fully saturated rings. The molecule has 24 heavy (non-hydrogen) atoms. The Morgan fingerprint density at radius 2 is 2.04 bits per heavy atom. The lowest BCUT2D eigenvalue weighted by atomic mass is 9.66. The van der Waals surface area contributed by atoms with Crippen molar-refractivity contribution >= 4 is 5.69 Å². The van der Waals surface area contributed by atoms with Crippen LogP contribution >= 0.6 is 0 Å². The number of nitrogens with one attached hydrogen (secondary N) is 1. The minimum absolute atomic E-state index is 0.0748. The van der Waals surface area contributed by atoms with Gasteiger partial charge in [0.15, 0.2) is 0 Å². The number of anilines is 1. The van der Waals surface area contributed by atoms with E-state index in [9.17, 15) is 4.39 Å². The molecule has 0 bridgehead atoms. The molecular weight excluding hydrogens is 305 g/mol. The molecule has 0 aliphatic carbocycles. The number of hydrogen-bond donors (Lipinski definition) is 1. The number of aryl methyl sites for hydroxylation is 2. The molecule has 0 saturated carbocycles. The van der Waals surface area contributed by atoms with E-state index in [4.69, 9.17) is 4.74 Å². The Kier molecular flexibility index (Phi) is 3.14. The summed E-state index contributed by atoms with van der Waals surface area (Å²) in [5, 5.41) is 7.84. The first-order valence-corrected chi connectivity index (χ1v) is 8.47. The number of rotatable bonds is 1. The molecular formula is C19H24FN3O. The number of ether oxygens (including phenoxy) is 1. The SMILES string of the molecule is Cc1nn(C)cc1-c1cc2c(cc1F)NC(C)(C)C1OCCC21C. The van der Waals surface area contributed by atoms with Gasteiger partial charge in [0.2, 0.25) is 0 Å². The van der Waals surface area contributed by atoms with E-state index < -0.39 is 0 Å². The number of halogens is 1. The van der Waals surface area contributed by atoms with Crippen LogP contribution in [0, 0.1) is 12.7 Å². The third kappa shape index (κ3) is 2.04. The van der Waals surface area contributed by atoms with Gasteiger partial charge >= 0.3 is 0 Å². The van der Waals surface area contributed by atoms with Gasteiger partial charge in [0.1, 0.15) is 5.82 Å². The fraction of sp³-hybridized carbons (Fsp3) is 0.526. The van der Waals surface area contributed by atoms with Crippen molar-refractivity contribution in [3.8, 4) is 11.1 Å². The zero-order valence-electron chi connectivity index (χ0n) is 14.9. The van der Waals surface area contributed by atoms with Crippen molar-refractivity contribution in [1.82, 2.24) is 9.78 Å². The summed E-state index contributed by atoms with van der Waals surface area (Å²) < 4.78 is 22.7. The first kappa shape index (κ1) is 15.6. The molecule has 128 valence electrons. The molecule has 4 rings (SSSR count). The van der Waals surface area contributed by atoms with Gasteiger partial charge in [0.05, 0.1) is 17.3 Å². The van der Waals surface area contributed by atoms with Crippen LogP contribution in [0.1, 0.15) is 38.4 Å². The Hall–Kier alpha value is -1.88. The second-order valence-electron chi connectivity index (χ2n) is 7.94. The predicted molar refractivity (Wildman–Crippen MR) is 92.7 cm³/mol. The lowest BCUT2D eigenvalue weighted by molar-refractivity contribution is 0.0352. The summed E-state index contributed by atoms with van der Waals surface area (Å²) in [5.41, 5.74) is 3.99. The molecule has 0 spiro atoms. The normalized spacial score (nSPS) is 27.5. The van der Waals surface area contributed by atoms with Gasteiger partial charge in [-0.25, -0.2) is 4.39 Å². The first-order chi connectivity index (χ1) is 11.2. The second-order valence-corrected chi connectivity index (χ2v) is 7.94. The Balaban J connectivity index is 1.93. The van der Waals surface area contributed by atoms with E-state index in [1.807, 2.05) is 26.2 Å². The predicted octanol–water partition coefficient (Wildman–Crippen LogP) is 3.79. The van der Waals surface area contributed by atoms with Crippen LogP contribution < -0.4 is 5.32 Å². The van der Waals surface area contributed by atoms with E-state index in [1.54, 1.807) is 10.7 Å². The first-order valence-electron chi connectivity index (χ1n) is 8.47. The van der Waals surface area contributed by atoms with Crippen LogP contribution in [-0.2, 0) is 17.2 Å². The molecule has 3 heterocycles. The highest BCUT2D eigenvalue weighted by atomic mass is 19.1. The van der Waals surface area contributed by atoms with Crippen LogP contribution in [-0.4, -0.2) is 28.0 Å².